The van der Waals surface area contributed by atoms with Gasteiger partial charge in [-0.1, -0.05) is 25.5 Å². The maximum absolute atomic E-state index is 13.0. The number of benzene rings is 1. The number of hydrogen-bond acceptors (Lipinski definition) is 5. The van der Waals surface area contributed by atoms with E-state index in [1.54, 1.807) is 6.08 Å². The summed E-state index contributed by atoms with van der Waals surface area (Å²) in [4.78, 5) is 38.1. The van der Waals surface area contributed by atoms with E-state index in [-0.39, 0.29) is 18.0 Å². The molecule has 0 saturated carbocycles. The summed E-state index contributed by atoms with van der Waals surface area (Å²) in [6, 6.07) is 13.0. The monoisotopic (exact) mass is 475 g/mol. The Morgan fingerprint density at radius 1 is 1.11 bits per heavy atom. The minimum atomic E-state index is -0.625. The number of methoxy groups -OCH3 is 1. The van der Waals surface area contributed by atoms with Crippen LogP contribution in [0.3, 0.4) is 0 Å². The average molecular weight is 476 g/mol. The number of nitrogens with zero attached hydrogens (tertiary/aromatic N) is 2. The Kier molecular flexibility index (Phi) is 6.91. The van der Waals surface area contributed by atoms with Crippen LogP contribution in [0, 0.1) is 13.8 Å². The Bertz CT molecular complexity index is 1300. The Morgan fingerprint density at radius 3 is 2.54 bits per heavy atom. The number of hydrogen-bond donors (Lipinski definition) is 1. The molecule has 2 aromatic heterocycles. The summed E-state index contributed by atoms with van der Waals surface area (Å²) in [5.41, 5.74) is 5.38. The van der Waals surface area contributed by atoms with E-state index in [2.05, 4.69) is 45.8 Å². The number of furan rings is 1. The molecule has 4 rings (SSSR count). The van der Waals surface area contributed by atoms with Crippen molar-refractivity contribution >= 4 is 24.0 Å². The van der Waals surface area contributed by atoms with E-state index in [9.17, 15) is 14.4 Å². The summed E-state index contributed by atoms with van der Waals surface area (Å²) < 4.78 is 12.1. The number of ether oxygens (including phenoxy) is 1. The largest absolute Gasteiger partial charge is 0.463 e. The summed E-state index contributed by atoms with van der Waals surface area (Å²) in [6.07, 6.45) is 5.09. The Hall–Kier alpha value is -4.07. The smallest absolute Gasteiger partial charge is 0.373 e. The number of rotatable bonds is 8. The van der Waals surface area contributed by atoms with Gasteiger partial charge in [0.25, 0.3) is 5.91 Å². The van der Waals surface area contributed by atoms with Crippen molar-refractivity contribution in [2.75, 3.05) is 7.11 Å². The number of urea groups is 1. The molecule has 0 unspecified atom stereocenters. The number of unbranched alkanes of at least 4 members (excludes halogenated alkanes) is 1. The number of imide groups is 1. The fourth-order valence-corrected chi connectivity index (χ4v) is 4.22. The Morgan fingerprint density at radius 2 is 1.86 bits per heavy atom. The van der Waals surface area contributed by atoms with Crippen molar-refractivity contribution in [3.05, 3.63) is 82.2 Å². The second-order valence-electron chi connectivity index (χ2n) is 8.57. The third-order valence-electron chi connectivity index (χ3n) is 6.11. The van der Waals surface area contributed by atoms with Crippen molar-refractivity contribution in [3.63, 3.8) is 0 Å². The molecule has 1 aromatic carbocycles. The highest BCUT2D eigenvalue weighted by atomic mass is 16.5. The van der Waals surface area contributed by atoms with Crippen LogP contribution < -0.4 is 5.32 Å². The number of aromatic nitrogens is 1. The van der Waals surface area contributed by atoms with Gasteiger partial charge in [0.15, 0.2) is 0 Å². The van der Waals surface area contributed by atoms with Gasteiger partial charge in [-0.3, -0.25) is 9.69 Å². The van der Waals surface area contributed by atoms with Gasteiger partial charge in [-0.15, -0.1) is 0 Å². The third kappa shape index (κ3) is 4.91. The zero-order valence-electron chi connectivity index (χ0n) is 20.4. The molecule has 8 nitrogen and oxygen atoms in total. The maximum atomic E-state index is 13.0. The van der Waals surface area contributed by atoms with Crippen LogP contribution >= 0.6 is 0 Å². The molecule has 0 atom stereocenters. The fraction of sp³-hybridized carbons (Fsp3) is 0.296. The van der Waals surface area contributed by atoms with Crippen molar-refractivity contribution in [3.8, 4) is 5.69 Å². The van der Waals surface area contributed by atoms with E-state index in [0.717, 1.165) is 34.0 Å². The van der Waals surface area contributed by atoms with Gasteiger partial charge in [-0.25, -0.2) is 9.59 Å². The zero-order chi connectivity index (χ0) is 25.1. The lowest BCUT2D eigenvalue weighted by Gasteiger charge is -2.11. The number of nitrogens with one attached hydrogen (secondary N) is 1. The second-order valence-corrected chi connectivity index (χ2v) is 8.57. The molecule has 1 fully saturated rings. The summed E-state index contributed by atoms with van der Waals surface area (Å²) >= 11 is 0. The van der Waals surface area contributed by atoms with Gasteiger partial charge in [0.05, 0.1) is 13.7 Å². The van der Waals surface area contributed by atoms with Gasteiger partial charge >= 0.3 is 12.0 Å². The summed E-state index contributed by atoms with van der Waals surface area (Å²) in [5, 5.41) is 2.64. The van der Waals surface area contributed by atoms with Crippen LogP contribution in [0.2, 0.25) is 0 Å². The maximum Gasteiger partial charge on any atom is 0.373 e. The van der Waals surface area contributed by atoms with Gasteiger partial charge in [-0.2, -0.15) is 0 Å². The van der Waals surface area contributed by atoms with E-state index in [0.29, 0.717) is 5.76 Å². The second kappa shape index (κ2) is 10.0. The quantitative estimate of drug-likeness (QED) is 0.284. The van der Waals surface area contributed by atoms with E-state index < -0.39 is 17.9 Å². The molecule has 3 aromatic rings. The summed E-state index contributed by atoms with van der Waals surface area (Å²) in [6.45, 7) is 6.09. The number of carbonyl (C=O) groups is 3. The van der Waals surface area contributed by atoms with Gasteiger partial charge in [-0.05, 0) is 74.2 Å². The van der Waals surface area contributed by atoms with Crippen LogP contribution in [0.4, 0.5) is 4.79 Å². The molecule has 1 aliphatic heterocycles. The van der Waals surface area contributed by atoms with Gasteiger partial charge < -0.3 is 19.0 Å². The van der Waals surface area contributed by atoms with Crippen LogP contribution in [0.25, 0.3) is 11.8 Å². The van der Waals surface area contributed by atoms with Crippen molar-refractivity contribution in [2.45, 2.75) is 46.6 Å². The topological polar surface area (TPSA) is 93.8 Å². The molecule has 182 valence electrons. The molecule has 8 heteroatoms. The van der Waals surface area contributed by atoms with Crippen LogP contribution in [0.1, 0.15) is 58.6 Å². The standard InChI is InChI=1S/C27H29N3O5/c1-5-6-7-19-8-10-21(11-9-19)30-17(2)14-20(18(30)3)15-23-25(31)29(27(33)28-23)16-22-12-13-24(35-22)26(32)34-4/h8-15H,5-7,16H2,1-4H3,(H,28,33). The van der Waals surface area contributed by atoms with Gasteiger partial charge in [0, 0.05) is 17.1 Å². The fourth-order valence-electron chi connectivity index (χ4n) is 4.22. The van der Waals surface area contributed by atoms with Crippen molar-refractivity contribution in [2.24, 2.45) is 0 Å². The number of amides is 3. The van der Waals surface area contributed by atoms with E-state index in [1.165, 1.54) is 37.6 Å². The number of carbonyl (C=O) groups excluding carboxylic acids is 3. The number of aryl methyl sites for hydroxylation is 2. The highest BCUT2D eigenvalue weighted by Crippen LogP contribution is 2.25. The predicted molar refractivity (Wildman–Crippen MR) is 131 cm³/mol. The van der Waals surface area contributed by atoms with Gasteiger partial charge in [0.1, 0.15) is 11.5 Å². The third-order valence-corrected chi connectivity index (χ3v) is 6.11. The number of esters is 1. The van der Waals surface area contributed by atoms with E-state index in [4.69, 9.17) is 4.42 Å². The molecular formula is C27H29N3O5. The average Bonchev–Trinajstić information content (AvgIpc) is 3.51. The van der Waals surface area contributed by atoms with E-state index >= 15 is 0 Å². The SMILES string of the molecule is CCCCc1ccc(-n2c(C)cc(C=C3NC(=O)N(Cc4ccc(C(=O)OC)o4)C3=O)c2C)cc1. The summed E-state index contributed by atoms with van der Waals surface area (Å²) in [5.74, 6) is -0.775. The molecule has 3 amide bonds. The molecule has 1 N–H and O–H groups in total. The summed E-state index contributed by atoms with van der Waals surface area (Å²) in [7, 11) is 1.25. The molecule has 0 aliphatic carbocycles. The molecule has 0 bridgehead atoms. The van der Waals surface area contributed by atoms with Gasteiger partial charge in [0.2, 0.25) is 5.76 Å². The molecule has 3 heterocycles. The Labute approximate surface area is 204 Å². The van der Waals surface area contributed by atoms with Crippen molar-refractivity contribution in [1.82, 2.24) is 14.8 Å². The minimum absolute atomic E-state index is 0.0103. The normalized spacial score (nSPS) is 14.6. The first-order chi connectivity index (χ1) is 16.8. The highest BCUT2D eigenvalue weighted by Gasteiger charge is 2.34. The predicted octanol–water partition coefficient (Wildman–Crippen LogP) is 4.91. The highest BCUT2D eigenvalue weighted by molar-refractivity contribution is 6.13. The molecule has 0 spiro atoms. The van der Waals surface area contributed by atoms with Crippen LogP contribution in [0.5, 0.6) is 0 Å². The first kappa shape index (κ1) is 24.1. The molecular weight excluding hydrogens is 446 g/mol. The zero-order valence-corrected chi connectivity index (χ0v) is 20.4. The van der Waals surface area contributed by atoms with Crippen molar-refractivity contribution < 1.29 is 23.5 Å². The van der Waals surface area contributed by atoms with Crippen LogP contribution in [0.15, 0.2) is 52.6 Å². The minimum Gasteiger partial charge on any atom is -0.463 e. The van der Waals surface area contributed by atoms with Crippen molar-refractivity contribution in [1.29, 1.82) is 0 Å². The lowest BCUT2D eigenvalue weighted by atomic mass is 10.1. The first-order valence-electron chi connectivity index (χ1n) is 11.6. The molecule has 0 radical (unpaired) electrons. The lowest BCUT2D eigenvalue weighted by molar-refractivity contribution is -0.123. The van der Waals surface area contributed by atoms with Crippen LogP contribution in [-0.2, 0) is 22.5 Å². The molecule has 1 saturated heterocycles. The molecule has 35 heavy (non-hydrogen) atoms. The van der Waals surface area contributed by atoms with Crippen LogP contribution in [-0.4, -0.2) is 34.5 Å². The van der Waals surface area contributed by atoms with E-state index in [1.807, 2.05) is 19.9 Å². The molecule has 1 aliphatic rings. The lowest BCUT2D eigenvalue weighted by Crippen LogP contribution is -2.30. The first-order valence-corrected chi connectivity index (χ1v) is 11.6. The Balaban J connectivity index is 1.54.